The molecular weight excluding hydrogens is 384 g/mol. The zero-order chi connectivity index (χ0) is 21.3. The second-order valence-corrected chi connectivity index (χ2v) is 6.65. The molecule has 1 saturated heterocycles. The summed E-state index contributed by atoms with van der Waals surface area (Å²) >= 11 is 5.80. The van der Waals surface area contributed by atoms with Crippen LogP contribution in [-0.4, -0.2) is 46.4 Å². The van der Waals surface area contributed by atoms with E-state index in [1.165, 1.54) is 4.90 Å². The molecule has 7 nitrogen and oxygen atoms in total. The van der Waals surface area contributed by atoms with Crippen LogP contribution in [0.25, 0.3) is 0 Å². The Bertz CT molecular complexity index is 714. The van der Waals surface area contributed by atoms with E-state index in [-0.39, 0.29) is 19.6 Å². The topological polar surface area (TPSA) is 110 Å². The maximum absolute atomic E-state index is 12.3. The van der Waals surface area contributed by atoms with E-state index in [1.807, 2.05) is 13.8 Å². The minimum absolute atomic E-state index is 0.0157. The van der Waals surface area contributed by atoms with E-state index >= 15 is 0 Å². The first-order valence-electron chi connectivity index (χ1n) is 9.11. The van der Waals surface area contributed by atoms with Gasteiger partial charge in [-0.2, -0.15) is 0 Å². The molecule has 0 spiro atoms. The number of carbonyl (C=O) groups excluding carboxylic acids is 3. The van der Waals surface area contributed by atoms with Gasteiger partial charge in [-0.25, -0.2) is 4.79 Å². The number of carbonyl (C=O) groups is 3. The van der Waals surface area contributed by atoms with Crippen LogP contribution in [0.5, 0.6) is 0 Å². The molecule has 0 radical (unpaired) electrons. The molecule has 1 aromatic carbocycles. The van der Waals surface area contributed by atoms with Gasteiger partial charge >= 0.3 is 5.97 Å². The van der Waals surface area contributed by atoms with Crippen molar-refractivity contribution in [3.05, 3.63) is 46.6 Å². The molecule has 0 aromatic heterocycles. The Kier molecular flexibility index (Phi) is 9.68. The molecule has 28 heavy (non-hydrogen) atoms. The minimum Gasteiger partial charge on any atom is -0.459 e. The van der Waals surface area contributed by atoms with Gasteiger partial charge in [0.05, 0.1) is 12.5 Å². The van der Waals surface area contributed by atoms with E-state index in [0.717, 1.165) is 11.6 Å². The quantitative estimate of drug-likeness (QED) is 0.422. The van der Waals surface area contributed by atoms with Gasteiger partial charge in [-0.15, -0.1) is 0 Å². The van der Waals surface area contributed by atoms with Crippen molar-refractivity contribution in [3.63, 3.8) is 0 Å². The zero-order valence-corrected chi connectivity index (χ0v) is 17.1. The molecule has 0 unspecified atom stereocenters. The number of esters is 1. The first-order chi connectivity index (χ1) is 13.3. The summed E-state index contributed by atoms with van der Waals surface area (Å²) in [6.07, 6.45) is -0.0139. The number of nitrogens with zero attached hydrogens (tertiary/aromatic N) is 1. The first kappa shape index (κ1) is 23.7. The number of likely N-dealkylation sites (tertiary alicyclic amines) is 1. The lowest BCUT2D eigenvalue weighted by molar-refractivity contribution is -0.155. The lowest BCUT2D eigenvalue weighted by Crippen LogP contribution is -2.42. The molecule has 0 bridgehead atoms. The molecule has 1 aliphatic heterocycles. The van der Waals surface area contributed by atoms with Gasteiger partial charge in [-0.1, -0.05) is 37.6 Å². The van der Waals surface area contributed by atoms with Crippen molar-refractivity contribution < 1.29 is 24.2 Å². The number of hydrogen-bond acceptors (Lipinski definition) is 6. The molecule has 1 fully saturated rings. The van der Waals surface area contributed by atoms with E-state index < -0.39 is 36.2 Å². The third kappa shape index (κ3) is 7.32. The Morgan fingerprint density at radius 1 is 1.29 bits per heavy atom. The molecule has 1 heterocycles. The maximum atomic E-state index is 12.3. The van der Waals surface area contributed by atoms with Crippen molar-refractivity contribution in [2.75, 3.05) is 6.54 Å². The summed E-state index contributed by atoms with van der Waals surface area (Å²) in [5.74, 6) is -1.62. The van der Waals surface area contributed by atoms with Crippen molar-refractivity contribution in [2.45, 2.75) is 52.4 Å². The van der Waals surface area contributed by atoms with Gasteiger partial charge in [0.25, 0.3) is 0 Å². The van der Waals surface area contributed by atoms with Crippen molar-refractivity contribution in [3.8, 4) is 0 Å². The largest absolute Gasteiger partial charge is 0.459 e. The summed E-state index contributed by atoms with van der Waals surface area (Å²) in [6.45, 7) is 5.55. The number of nitrogens with two attached hydrogens (primary N) is 1. The van der Waals surface area contributed by atoms with E-state index in [0.29, 0.717) is 10.7 Å². The highest BCUT2D eigenvalue weighted by molar-refractivity contribution is 6.30. The van der Waals surface area contributed by atoms with Crippen LogP contribution in [0.15, 0.2) is 36.0 Å². The number of benzene rings is 1. The van der Waals surface area contributed by atoms with Crippen LogP contribution in [0, 0.1) is 0 Å². The number of ether oxygens (including phenoxy) is 1. The summed E-state index contributed by atoms with van der Waals surface area (Å²) in [4.78, 5) is 37.6. The van der Waals surface area contributed by atoms with Gasteiger partial charge in [0, 0.05) is 29.8 Å². The molecule has 2 atom stereocenters. The number of aliphatic hydroxyl groups excluding tert-OH is 1. The number of β-amino-alcohol motifs (C(OH)–C–C–N with tert-alkyl or cyclic N) is 1. The Labute approximate surface area is 170 Å². The standard InChI is InChI=1S/C18H21ClN2O5.C2H6/c1-11(20)6-14(22)8-17(24)21-9-15(23)7-16(21)18(25)26-10-12-2-4-13(19)5-3-12;1-2/h2-6,15-16,23H,7-10,20H2,1H3;1-2H3/b11-6-;/t15-,16+;/m1./s1. The first-order valence-corrected chi connectivity index (χ1v) is 9.49. The molecule has 0 saturated carbocycles. The van der Waals surface area contributed by atoms with Crippen LogP contribution in [0.2, 0.25) is 5.02 Å². The highest BCUT2D eigenvalue weighted by Crippen LogP contribution is 2.21. The van der Waals surface area contributed by atoms with Gasteiger partial charge in [-0.05, 0) is 24.6 Å². The normalized spacial score (nSPS) is 18.9. The van der Waals surface area contributed by atoms with Crippen LogP contribution in [0.4, 0.5) is 0 Å². The third-order valence-electron chi connectivity index (χ3n) is 3.88. The van der Waals surface area contributed by atoms with Crippen LogP contribution in [0.3, 0.4) is 0 Å². The van der Waals surface area contributed by atoms with Crippen molar-refractivity contribution in [1.29, 1.82) is 0 Å². The van der Waals surface area contributed by atoms with E-state index in [9.17, 15) is 19.5 Å². The summed E-state index contributed by atoms with van der Waals surface area (Å²) in [6, 6.07) is 5.89. The number of hydrogen-bond donors (Lipinski definition) is 2. The fourth-order valence-electron chi connectivity index (χ4n) is 2.70. The van der Waals surface area contributed by atoms with Crippen molar-refractivity contribution >= 4 is 29.3 Å². The van der Waals surface area contributed by atoms with Gasteiger partial charge in [0.1, 0.15) is 12.6 Å². The van der Waals surface area contributed by atoms with Crippen LogP contribution in [0.1, 0.15) is 39.2 Å². The van der Waals surface area contributed by atoms with Gasteiger partial charge in [-0.3, -0.25) is 9.59 Å². The number of ketones is 1. The second kappa shape index (κ2) is 11.5. The second-order valence-electron chi connectivity index (χ2n) is 6.22. The van der Waals surface area contributed by atoms with Gasteiger partial charge in [0.2, 0.25) is 5.91 Å². The van der Waals surface area contributed by atoms with Gasteiger partial charge in [0.15, 0.2) is 5.78 Å². The molecule has 1 amide bonds. The van der Waals surface area contributed by atoms with E-state index in [4.69, 9.17) is 22.1 Å². The SMILES string of the molecule is C/C(N)=C/C(=O)CC(=O)N1C[C@H](O)C[C@H]1C(=O)OCc1ccc(Cl)cc1.CC. The molecule has 2 rings (SSSR count). The number of allylic oxidation sites excluding steroid dienone is 2. The maximum Gasteiger partial charge on any atom is 0.329 e. The Hall–Kier alpha value is -2.38. The number of aliphatic hydroxyl groups is 1. The van der Waals surface area contributed by atoms with Crippen LogP contribution in [-0.2, 0) is 25.7 Å². The predicted molar refractivity (Wildman–Crippen MR) is 106 cm³/mol. The predicted octanol–water partition coefficient (Wildman–Crippen LogP) is 2.19. The van der Waals surface area contributed by atoms with E-state index in [1.54, 1.807) is 31.2 Å². The lowest BCUT2D eigenvalue weighted by Gasteiger charge is -2.22. The number of halogens is 1. The lowest BCUT2D eigenvalue weighted by atomic mass is 10.2. The van der Waals surface area contributed by atoms with Crippen LogP contribution >= 0.6 is 11.6 Å². The van der Waals surface area contributed by atoms with Crippen LogP contribution < -0.4 is 5.73 Å². The molecule has 1 aromatic rings. The third-order valence-corrected chi connectivity index (χ3v) is 4.13. The average Bonchev–Trinajstić information content (AvgIpc) is 3.04. The Morgan fingerprint density at radius 2 is 1.89 bits per heavy atom. The monoisotopic (exact) mass is 410 g/mol. The summed E-state index contributed by atoms with van der Waals surface area (Å²) in [5.41, 5.74) is 6.46. The number of amides is 1. The minimum atomic E-state index is -0.916. The fourth-order valence-corrected chi connectivity index (χ4v) is 2.83. The van der Waals surface area contributed by atoms with Crippen molar-refractivity contribution in [2.24, 2.45) is 5.73 Å². The summed E-state index contributed by atoms with van der Waals surface area (Å²) < 4.78 is 5.25. The average molecular weight is 411 g/mol. The smallest absolute Gasteiger partial charge is 0.329 e. The highest BCUT2D eigenvalue weighted by Gasteiger charge is 2.40. The zero-order valence-electron chi connectivity index (χ0n) is 16.4. The summed E-state index contributed by atoms with van der Waals surface area (Å²) in [7, 11) is 0. The summed E-state index contributed by atoms with van der Waals surface area (Å²) in [5, 5.41) is 10.4. The Balaban J connectivity index is 0.00000190. The van der Waals surface area contributed by atoms with Crippen molar-refractivity contribution in [1.82, 2.24) is 4.90 Å². The van der Waals surface area contributed by atoms with E-state index in [2.05, 4.69) is 0 Å². The fraction of sp³-hybridized carbons (Fsp3) is 0.450. The molecule has 1 aliphatic rings. The molecule has 0 aliphatic carbocycles. The molecule has 8 heteroatoms. The molecule has 3 N–H and O–H groups in total. The van der Waals surface area contributed by atoms with Gasteiger partial charge < -0.3 is 20.5 Å². The highest BCUT2D eigenvalue weighted by atomic mass is 35.5. The molecule has 154 valence electrons. The molecular formula is C20H27ClN2O5. The number of rotatable bonds is 6. The Morgan fingerprint density at radius 3 is 2.46 bits per heavy atom.